The summed E-state index contributed by atoms with van der Waals surface area (Å²) in [6.45, 7) is 2.04. The molecule has 0 saturated heterocycles. The van der Waals surface area contributed by atoms with E-state index in [-0.39, 0.29) is 5.91 Å². The van der Waals surface area contributed by atoms with E-state index in [1.54, 1.807) is 12.1 Å². The minimum atomic E-state index is -1.08. The topological polar surface area (TPSA) is 66.4 Å². The second kappa shape index (κ2) is 5.10. The summed E-state index contributed by atoms with van der Waals surface area (Å²) < 4.78 is 0. The largest absolute Gasteiger partial charge is 0.480 e. The number of carbonyl (C=O) groups excluding carboxylic acids is 1. The van der Waals surface area contributed by atoms with E-state index in [0.717, 1.165) is 12.8 Å². The van der Waals surface area contributed by atoms with Gasteiger partial charge in [0.15, 0.2) is 0 Å². The number of amides is 1. The van der Waals surface area contributed by atoms with Gasteiger partial charge in [0, 0.05) is 0 Å². The maximum absolute atomic E-state index is 12.0. The third-order valence-electron chi connectivity index (χ3n) is 3.50. The maximum atomic E-state index is 12.0. The van der Waals surface area contributed by atoms with Gasteiger partial charge in [-0.05, 0) is 30.2 Å². The van der Waals surface area contributed by atoms with E-state index in [9.17, 15) is 14.7 Å². The molecule has 1 aromatic rings. The normalized spacial score (nSPS) is 27.7. The Kier molecular flexibility index (Phi) is 3.71. The van der Waals surface area contributed by atoms with Gasteiger partial charge in [-0.3, -0.25) is 4.79 Å². The van der Waals surface area contributed by atoms with E-state index in [2.05, 4.69) is 5.32 Å². The smallest absolute Gasteiger partial charge is 0.329 e. The third kappa shape index (κ3) is 2.56. The molecule has 2 atom stereocenters. The van der Waals surface area contributed by atoms with Gasteiger partial charge in [0.05, 0.1) is 4.88 Å². The van der Waals surface area contributed by atoms with Crippen molar-refractivity contribution in [3.8, 4) is 0 Å². The van der Waals surface area contributed by atoms with Crippen LogP contribution in [0, 0.1) is 5.92 Å². The lowest BCUT2D eigenvalue weighted by molar-refractivity contribution is -0.146. The highest BCUT2D eigenvalue weighted by molar-refractivity contribution is 7.12. The van der Waals surface area contributed by atoms with Crippen molar-refractivity contribution in [1.82, 2.24) is 5.32 Å². The van der Waals surface area contributed by atoms with E-state index in [0.29, 0.717) is 23.6 Å². The molecular formula is C13H17NO3S. The van der Waals surface area contributed by atoms with Crippen LogP contribution in [0.3, 0.4) is 0 Å². The number of nitrogens with one attached hydrogen (secondary N) is 1. The minimum absolute atomic E-state index is 0.276. The molecule has 1 saturated carbocycles. The quantitative estimate of drug-likeness (QED) is 0.884. The summed E-state index contributed by atoms with van der Waals surface area (Å²) in [6, 6.07) is 3.50. The molecule has 0 aromatic carbocycles. The van der Waals surface area contributed by atoms with Crippen LogP contribution in [0.1, 0.15) is 42.3 Å². The third-order valence-corrected chi connectivity index (χ3v) is 4.37. The lowest BCUT2D eigenvalue weighted by Crippen LogP contribution is -2.56. The lowest BCUT2D eigenvalue weighted by atomic mass is 9.76. The number of rotatable bonds is 3. The highest BCUT2D eigenvalue weighted by Crippen LogP contribution is 2.33. The Morgan fingerprint density at radius 2 is 2.33 bits per heavy atom. The van der Waals surface area contributed by atoms with Crippen LogP contribution in [0.2, 0.25) is 0 Å². The number of carboxylic acids is 1. The molecule has 1 aliphatic carbocycles. The Hall–Kier alpha value is -1.36. The second-order valence-corrected chi connectivity index (χ2v) is 5.97. The molecule has 1 fully saturated rings. The fourth-order valence-corrected chi connectivity index (χ4v) is 3.22. The number of hydrogen-bond acceptors (Lipinski definition) is 3. The van der Waals surface area contributed by atoms with Gasteiger partial charge >= 0.3 is 5.97 Å². The molecule has 1 aromatic heterocycles. The van der Waals surface area contributed by atoms with Crippen LogP contribution in [-0.4, -0.2) is 22.5 Å². The van der Waals surface area contributed by atoms with Crippen LogP contribution < -0.4 is 5.32 Å². The predicted octanol–water partition coefficient (Wildman–Crippen LogP) is 2.51. The fourth-order valence-electron chi connectivity index (χ4n) is 2.60. The summed E-state index contributed by atoms with van der Waals surface area (Å²) in [6.07, 6.45) is 2.91. The number of thiophene rings is 1. The SMILES string of the molecule is CC1CCCC(NC(=O)c2cccs2)(C(=O)O)C1. The van der Waals surface area contributed by atoms with E-state index in [4.69, 9.17) is 0 Å². The molecule has 2 rings (SSSR count). The monoisotopic (exact) mass is 267 g/mol. The first-order chi connectivity index (χ1) is 8.53. The van der Waals surface area contributed by atoms with Crippen LogP contribution in [0.15, 0.2) is 17.5 Å². The van der Waals surface area contributed by atoms with Crippen molar-refractivity contribution in [2.45, 2.75) is 38.1 Å². The average Bonchev–Trinajstić information content (AvgIpc) is 2.82. The molecule has 1 amide bonds. The van der Waals surface area contributed by atoms with E-state index in [1.807, 2.05) is 12.3 Å². The zero-order valence-electron chi connectivity index (χ0n) is 10.3. The standard InChI is InChI=1S/C13H17NO3S/c1-9-4-2-6-13(8-9,12(16)17)14-11(15)10-5-3-7-18-10/h3,5,7,9H,2,4,6,8H2,1H3,(H,14,15)(H,16,17). The van der Waals surface area contributed by atoms with Crippen molar-refractivity contribution in [3.05, 3.63) is 22.4 Å². The van der Waals surface area contributed by atoms with Gasteiger partial charge in [-0.2, -0.15) is 0 Å². The lowest BCUT2D eigenvalue weighted by Gasteiger charge is -2.36. The van der Waals surface area contributed by atoms with Gasteiger partial charge in [0.25, 0.3) is 5.91 Å². The van der Waals surface area contributed by atoms with Crippen LogP contribution in [0.25, 0.3) is 0 Å². The minimum Gasteiger partial charge on any atom is -0.480 e. The molecule has 2 unspecified atom stereocenters. The van der Waals surface area contributed by atoms with Gasteiger partial charge in [-0.1, -0.05) is 25.8 Å². The van der Waals surface area contributed by atoms with Crippen molar-refractivity contribution in [3.63, 3.8) is 0 Å². The summed E-state index contributed by atoms with van der Waals surface area (Å²) in [5.74, 6) is -0.862. The first-order valence-corrected chi connectivity index (χ1v) is 7.01. The van der Waals surface area contributed by atoms with Crippen molar-refractivity contribution in [2.24, 2.45) is 5.92 Å². The van der Waals surface area contributed by atoms with Gasteiger partial charge in [-0.15, -0.1) is 11.3 Å². The molecular weight excluding hydrogens is 250 g/mol. The summed E-state index contributed by atoms with van der Waals surface area (Å²) in [4.78, 5) is 24.1. The van der Waals surface area contributed by atoms with E-state index < -0.39 is 11.5 Å². The molecule has 98 valence electrons. The number of aliphatic carboxylic acids is 1. The van der Waals surface area contributed by atoms with Gasteiger partial charge < -0.3 is 10.4 Å². The molecule has 1 heterocycles. The van der Waals surface area contributed by atoms with Crippen LogP contribution >= 0.6 is 11.3 Å². The molecule has 4 nitrogen and oxygen atoms in total. The van der Waals surface area contributed by atoms with Crippen molar-refractivity contribution >= 4 is 23.2 Å². The predicted molar refractivity (Wildman–Crippen MR) is 69.8 cm³/mol. The molecule has 0 radical (unpaired) electrons. The van der Waals surface area contributed by atoms with Gasteiger partial charge in [0.1, 0.15) is 5.54 Å². The highest BCUT2D eigenvalue weighted by Gasteiger charge is 2.43. The zero-order valence-corrected chi connectivity index (χ0v) is 11.1. The van der Waals surface area contributed by atoms with E-state index in [1.165, 1.54) is 11.3 Å². The first-order valence-electron chi connectivity index (χ1n) is 6.13. The summed E-state index contributed by atoms with van der Waals surface area (Å²) in [5.41, 5.74) is -1.08. The summed E-state index contributed by atoms with van der Waals surface area (Å²) >= 11 is 1.33. The Bertz CT molecular complexity index is 443. The van der Waals surface area contributed by atoms with Crippen molar-refractivity contribution in [2.75, 3.05) is 0 Å². The first kappa shape index (κ1) is 13.1. The van der Waals surface area contributed by atoms with E-state index >= 15 is 0 Å². The molecule has 2 N–H and O–H groups in total. The number of carbonyl (C=O) groups is 2. The molecule has 0 aliphatic heterocycles. The maximum Gasteiger partial charge on any atom is 0.329 e. The molecule has 0 spiro atoms. The Morgan fingerprint density at radius 3 is 2.89 bits per heavy atom. The van der Waals surface area contributed by atoms with Crippen molar-refractivity contribution < 1.29 is 14.7 Å². The zero-order chi connectivity index (χ0) is 13.2. The second-order valence-electron chi connectivity index (χ2n) is 5.02. The summed E-state index contributed by atoms with van der Waals surface area (Å²) in [5, 5.41) is 14.0. The van der Waals surface area contributed by atoms with Gasteiger partial charge in [0.2, 0.25) is 0 Å². The van der Waals surface area contributed by atoms with Crippen molar-refractivity contribution in [1.29, 1.82) is 0 Å². The molecule has 5 heteroatoms. The average molecular weight is 267 g/mol. The Balaban J connectivity index is 2.16. The van der Waals surface area contributed by atoms with Crippen LogP contribution in [0.4, 0.5) is 0 Å². The van der Waals surface area contributed by atoms with Crippen LogP contribution in [-0.2, 0) is 4.79 Å². The number of hydrogen-bond donors (Lipinski definition) is 2. The fraction of sp³-hybridized carbons (Fsp3) is 0.538. The molecule has 18 heavy (non-hydrogen) atoms. The Morgan fingerprint density at radius 1 is 1.56 bits per heavy atom. The summed E-state index contributed by atoms with van der Waals surface area (Å²) in [7, 11) is 0. The highest BCUT2D eigenvalue weighted by atomic mass is 32.1. The Labute approximate surface area is 110 Å². The molecule has 0 bridgehead atoms. The van der Waals surface area contributed by atoms with Gasteiger partial charge in [-0.25, -0.2) is 4.79 Å². The van der Waals surface area contributed by atoms with Crippen LogP contribution in [0.5, 0.6) is 0 Å². The molecule has 1 aliphatic rings. The number of carboxylic acid groups (broad SMARTS) is 1.